The minimum absolute atomic E-state index is 0.0246. The molecule has 1 aliphatic rings. The molecule has 8 nitrogen and oxygen atoms in total. The molecular formula is C20H28N2O6. The quantitative estimate of drug-likeness (QED) is 0.581. The van der Waals surface area contributed by atoms with Crippen molar-refractivity contribution in [2.24, 2.45) is 0 Å². The van der Waals surface area contributed by atoms with E-state index in [4.69, 9.17) is 14.2 Å². The van der Waals surface area contributed by atoms with E-state index in [1.807, 2.05) is 30.3 Å². The summed E-state index contributed by atoms with van der Waals surface area (Å²) in [5.74, 6) is -0.614. The van der Waals surface area contributed by atoms with Crippen LogP contribution in [-0.2, 0) is 25.6 Å². The fourth-order valence-electron chi connectivity index (χ4n) is 2.89. The van der Waals surface area contributed by atoms with Gasteiger partial charge in [0.25, 0.3) is 0 Å². The minimum Gasteiger partial charge on any atom is -0.467 e. The molecule has 28 heavy (non-hydrogen) atoms. The van der Waals surface area contributed by atoms with E-state index < -0.39 is 29.8 Å². The number of esters is 1. The smallest absolute Gasteiger partial charge is 0.410 e. The first-order valence-corrected chi connectivity index (χ1v) is 9.17. The van der Waals surface area contributed by atoms with Crippen LogP contribution in [0.4, 0.5) is 9.59 Å². The highest BCUT2D eigenvalue weighted by Crippen LogP contribution is 2.21. The number of benzene rings is 1. The van der Waals surface area contributed by atoms with E-state index in [0.29, 0.717) is 0 Å². The van der Waals surface area contributed by atoms with E-state index in [1.165, 1.54) is 16.9 Å². The topological polar surface area (TPSA) is 85.4 Å². The van der Waals surface area contributed by atoms with Gasteiger partial charge in [0, 0.05) is 6.54 Å². The molecule has 0 bridgehead atoms. The Kier molecular flexibility index (Phi) is 6.88. The van der Waals surface area contributed by atoms with Crippen LogP contribution in [0.5, 0.6) is 0 Å². The molecule has 2 atom stereocenters. The standard InChI is InChI=1S/C20H28N2O6/c1-14-11-22(18(24)27-13-15-9-7-6-8-10-15)16(17(23)26-5)12-21(14)19(25)28-20(2,3)4/h6-10,14,16H,11-13H2,1-5H3/t14-,16-/m1/s1. The van der Waals surface area contributed by atoms with Crippen molar-refractivity contribution in [2.75, 3.05) is 20.2 Å². The molecule has 2 amide bonds. The summed E-state index contributed by atoms with van der Waals surface area (Å²) in [7, 11) is 1.24. The first kappa shape index (κ1) is 21.5. The molecule has 0 N–H and O–H groups in total. The number of nitrogens with zero attached hydrogens (tertiary/aromatic N) is 2. The number of ether oxygens (including phenoxy) is 3. The molecule has 1 aromatic carbocycles. The molecule has 1 aromatic rings. The van der Waals surface area contributed by atoms with E-state index in [9.17, 15) is 14.4 Å². The zero-order valence-electron chi connectivity index (χ0n) is 17.0. The van der Waals surface area contributed by atoms with Crippen LogP contribution >= 0.6 is 0 Å². The molecule has 1 heterocycles. The Morgan fingerprint density at radius 2 is 1.68 bits per heavy atom. The Morgan fingerprint density at radius 3 is 2.25 bits per heavy atom. The summed E-state index contributed by atoms with van der Waals surface area (Å²) >= 11 is 0. The molecule has 154 valence electrons. The van der Waals surface area contributed by atoms with E-state index >= 15 is 0 Å². The largest absolute Gasteiger partial charge is 0.467 e. The first-order valence-electron chi connectivity index (χ1n) is 9.17. The summed E-state index contributed by atoms with van der Waals surface area (Å²) in [5, 5.41) is 0. The van der Waals surface area contributed by atoms with Gasteiger partial charge in [0.2, 0.25) is 0 Å². The highest BCUT2D eigenvalue weighted by atomic mass is 16.6. The summed E-state index contributed by atoms with van der Waals surface area (Å²) in [5.41, 5.74) is 0.175. The van der Waals surface area contributed by atoms with Gasteiger partial charge < -0.3 is 19.1 Å². The fourth-order valence-corrected chi connectivity index (χ4v) is 2.89. The van der Waals surface area contributed by atoms with Gasteiger partial charge in [-0.3, -0.25) is 4.90 Å². The Hall–Kier alpha value is -2.77. The van der Waals surface area contributed by atoms with Crippen molar-refractivity contribution in [1.29, 1.82) is 0 Å². The Balaban J connectivity index is 2.10. The third kappa shape index (κ3) is 5.61. The van der Waals surface area contributed by atoms with Crippen LogP contribution in [0.1, 0.15) is 33.3 Å². The van der Waals surface area contributed by atoms with Crippen LogP contribution in [0, 0.1) is 0 Å². The lowest BCUT2D eigenvalue weighted by molar-refractivity contribution is -0.149. The number of rotatable bonds is 3. The number of hydrogen-bond donors (Lipinski definition) is 0. The lowest BCUT2D eigenvalue weighted by Gasteiger charge is -2.43. The van der Waals surface area contributed by atoms with Crippen LogP contribution < -0.4 is 0 Å². The Bertz CT molecular complexity index is 700. The van der Waals surface area contributed by atoms with Crippen molar-refractivity contribution in [3.05, 3.63) is 35.9 Å². The third-order valence-corrected chi connectivity index (χ3v) is 4.28. The first-order chi connectivity index (χ1) is 13.1. The van der Waals surface area contributed by atoms with Gasteiger partial charge >= 0.3 is 18.2 Å². The number of amides is 2. The van der Waals surface area contributed by atoms with Crippen LogP contribution in [0.25, 0.3) is 0 Å². The highest BCUT2D eigenvalue weighted by Gasteiger charge is 2.42. The predicted molar refractivity (Wildman–Crippen MR) is 102 cm³/mol. The van der Waals surface area contributed by atoms with Crippen LogP contribution in [0.15, 0.2) is 30.3 Å². The average Bonchev–Trinajstić information content (AvgIpc) is 2.64. The molecule has 1 saturated heterocycles. The van der Waals surface area contributed by atoms with Gasteiger partial charge in [-0.25, -0.2) is 14.4 Å². The maximum absolute atomic E-state index is 12.6. The molecule has 1 fully saturated rings. The number of carbonyl (C=O) groups is 3. The van der Waals surface area contributed by atoms with Gasteiger partial charge in [-0.2, -0.15) is 0 Å². The van der Waals surface area contributed by atoms with Crippen molar-refractivity contribution >= 4 is 18.2 Å². The van der Waals surface area contributed by atoms with E-state index in [-0.39, 0.29) is 25.7 Å². The summed E-state index contributed by atoms with van der Waals surface area (Å²) in [4.78, 5) is 40.1. The van der Waals surface area contributed by atoms with Crippen molar-refractivity contribution in [3.63, 3.8) is 0 Å². The number of carbonyl (C=O) groups excluding carboxylic acids is 3. The normalized spacial score (nSPS) is 19.8. The molecule has 0 unspecified atom stereocenters. The third-order valence-electron chi connectivity index (χ3n) is 4.28. The maximum atomic E-state index is 12.6. The van der Waals surface area contributed by atoms with Crippen molar-refractivity contribution < 1.29 is 28.6 Å². The second kappa shape index (κ2) is 8.95. The second-order valence-corrected chi connectivity index (χ2v) is 7.71. The van der Waals surface area contributed by atoms with Gasteiger partial charge in [0.05, 0.1) is 19.7 Å². The SMILES string of the molecule is COC(=O)[C@H]1CN(C(=O)OC(C)(C)C)[C@H](C)CN1C(=O)OCc1ccccc1. The average molecular weight is 392 g/mol. The monoisotopic (exact) mass is 392 g/mol. The summed E-state index contributed by atoms with van der Waals surface area (Å²) in [6.07, 6.45) is -1.17. The summed E-state index contributed by atoms with van der Waals surface area (Å²) in [6, 6.07) is 7.94. The van der Waals surface area contributed by atoms with Crippen molar-refractivity contribution in [1.82, 2.24) is 9.80 Å². The van der Waals surface area contributed by atoms with E-state index in [1.54, 1.807) is 27.7 Å². The molecule has 2 rings (SSSR count). The zero-order chi connectivity index (χ0) is 20.9. The van der Waals surface area contributed by atoms with Crippen molar-refractivity contribution in [3.8, 4) is 0 Å². The Labute approximate surface area is 165 Å². The van der Waals surface area contributed by atoms with Crippen molar-refractivity contribution in [2.45, 2.75) is 52.0 Å². The van der Waals surface area contributed by atoms with E-state index in [2.05, 4.69) is 0 Å². The van der Waals surface area contributed by atoms with Gasteiger partial charge in [-0.15, -0.1) is 0 Å². The van der Waals surface area contributed by atoms with Gasteiger partial charge in [-0.05, 0) is 33.3 Å². The molecule has 0 aromatic heterocycles. The summed E-state index contributed by atoms with van der Waals surface area (Å²) < 4.78 is 15.6. The van der Waals surface area contributed by atoms with Gasteiger partial charge in [-0.1, -0.05) is 30.3 Å². The minimum atomic E-state index is -0.961. The molecule has 0 saturated carbocycles. The zero-order valence-corrected chi connectivity index (χ0v) is 17.0. The maximum Gasteiger partial charge on any atom is 0.410 e. The lowest BCUT2D eigenvalue weighted by atomic mass is 10.1. The molecule has 1 aliphatic heterocycles. The van der Waals surface area contributed by atoms with Crippen LogP contribution in [-0.4, -0.2) is 65.8 Å². The second-order valence-electron chi connectivity index (χ2n) is 7.71. The predicted octanol–water partition coefficient (Wildman–Crippen LogP) is 2.81. The van der Waals surface area contributed by atoms with Crippen LogP contribution in [0.3, 0.4) is 0 Å². The number of hydrogen-bond acceptors (Lipinski definition) is 6. The lowest BCUT2D eigenvalue weighted by Crippen LogP contribution is -2.63. The molecular weight excluding hydrogens is 364 g/mol. The number of methoxy groups -OCH3 is 1. The summed E-state index contributed by atoms with van der Waals surface area (Å²) in [6.45, 7) is 7.29. The molecule has 0 aliphatic carbocycles. The molecule has 0 radical (unpaired) electrons. The van der Waals surface area contributed by atoms with E-state index in [0.717, 1.165) is 5.56 Å². The van der Waals surface area contributed by atoms with Crippen LogP contribution in [0.2, 0.25) is 0 Å². The fraction of sp³-hybridized carbons (Fsp3) is 0.550. The number of piperazine rings is 1. The highest BCUT2D eigenvalue weighted by molar-refractivity contribution is 5.83. The molecule has 8 heteroatoms. The van der Waals surface area contributed by atoms with Gasteiger partial charge in [0.1, 0.15) is 12.2 Å². The Morgan fingerprint density at radius 1 is 1.04 bits per heavy atom. The van der Waals surface area contributed by atoms with Gasteiger partial charge in [0.15, 0.2) is 6.04 Å². The molecule has 0 spiro atoms.